The minimum atomic E-state index is 1.17. The number of hydrogen-bond acceptors (Lipinski definition) is 2. The Morgan fingerprint density at radius 2 is 0.882 bits per heavy atom. The molecule has 0 bridgehead atoms. The molecule has 0 saturated carbocycles. The summed E-state index contributed by atoms with van der Waals surface area (Å²) in [6.07, 6.45) is 0. The van der Waals surface area contributed by atoms with Crippen LogP contribution in [0.2, 0.25) is 0 Å². The molecule has 1 nitrogen and oxygen atoms in total. The van der Waals surface area contributed by atoms with Crippen molar-refractivity contribution in [3.8, 4) is 50.2 Å². The van der Waals surface area contributed by atoms with Crippen molar-refractivity contribution in [2.24, 2.45) is 0 Å². The highest BCUT2D eigenvalue weighted by Crippen LogP contribution is 2.51. The molecule has 240 valence electrons. The zero-order chi connectivity index (χ0) is 33.7. The first kappa shape index (κ1) is 30.1. The lowest BCUT2D eigenvalue weighted by atomic mass is 9.94. The Balaban J connectivity index is 1.19. The summed E-state index contributed by atoms with van der Waals surface area (Å²) in [6.45, 7) is 0. The van der Waals surface area contributed by atoms with E-state index < -0.39 is 0 Å². The maximum atomic E-state index is 2.41. The van der Waals surface area contributed by atoms with E-state index in [2.05, 4.69) is 193 Å². The van der Waals surface area contributed by atoms with Crippen molar-refractivity contribution in [2.45, 2.75) is 19.6 Å². The average Bonchev–Trinajstić information content (AvgIpc) is 3.53. The summed E-state index contributed by atoms with van der Waals surface area (Å²) in [7, 11) is 0. The molecule has 0 fully saturated rings. The fraction of sp³-hybridized carbons (Fsp3) is 0. The molecule has 0 unspecified atom stereocenters. The molecule has 1 aliphatic heterocycles. The molecule has 1 aliphatic rings. The van der Waals surface area contributed by atoms with Crippen LogP contribution in [0.15, 0.2) is 208 Å². The summed E-state index contributed by atoms with van der Waals surface area (Å²) < 4.78 is 2.40. The van der Waals surface area contributed by atoms with E-state index in [1.54, 1.807) is 0 Å². The third-order valence-corrected chi connectivity index (χ3v) is 12.2. The molecule has 9 aromatic rings. The summed E-state index contributed by atoms with van der Waals surface area (Å²) in [6, 6.07) is 68.8. The van der Waals surface area contributed by atoms with Gasteiger partial charge in [0, 0.05) is 41.6 Å². The van der Waals surface area contributed by atoms with Crippen LogP contribution >= 0.6 is 23.5 Å². The van der Waals surface area contributed by atoms with Crippen LogP contribution in [-0.4, -0.2) is 4.57 Å². The second kappa shape index (κ2) is 12.5. The molecule has 0 amide bonds. The Hall–Kier alpha value is -5.74. The van der Waals surface area contributed by atoms with Crippen LogP contribution in [0.4, 0.5) is 0 Å². The van der Waals surface area contributed by atoms with E-state index in [1.807, 2.05) is 23.5 Å². The molecule has 0 N–H and O–H groups in total. The molecule has 10 rings (SSSR count). The number of nitrogens with zero attached hydrogens (tertiary/aromatic N) is 1. The maximum Gasteiger partial charge on any atom is 0.0547 e. The standard InChI is InChI=1S/C48H31NS2/c1-3-14-32(15-4-1)36-21-13-25-47-48(36)40-20-9-12-24-45(40)50-44-23-11-8-19-39(44)41-30-33(27-29-46(41)51-47)34-26-28-38-37-18-7-10-22-42(37)49(43(38)31-34)35-16-5-2-6-17-35/h1-31H. The van der Waals surface area contributed by atoms with Gasteiger partial charge in [-0.3, -0.25) is 0 Å². The summed E-state index contributed by atoms with van der Waals surface area (Å²) in [5, 5.41) is 2.53. The summed E-state index contributed by atoms with van der Waals surface area (Å²) >= 11 is 3.73. The summed E-state index contributed by atoms with van der Waals surface area (Å²) in [4.78, 5) is 5.02. The van der Waals surface area contributed by atoms with Gasteiger partial charge in [-0.25, -0.2) is 0 Å². The van der Waals surface area contributed by atoms with E-state index >= 15 is 0 Å². The van der Waals surface area contributed by atoms with E-state index in [-0.39, 0.29) is 0 Å². The van der Waals surface area contributed by atoms with E-state index in [4.69, 9.17) is 0 Å². The Morgan fingerprint density at radius 1 is 0.314 bits per heavy atom. The highest BCUT2D eigenvalue weighted by Gasteiger charge is 2.22. The van der Waals surface area contributed by atoms with Gasteiger partial charge in [0.2, 0.25) is 0 Å². The Bertz CT molecular complexity index is 2740. The van der Waals surface area contributed by atoms with Crippen molar-refractivity contribution >= 4 is 45.3 Å². The third kappa shape index (κ3) is 5.20. The monoisotopic (exact) mass is 685 g/mol. The number of rotatable bonds is 3. The fourth-order valence-corrected chi connectivity index (χ4v) is 9.76. The SMILES string of the molecule is c1ccc(-c2cccc3c2-c2ccccc2Sc2ccccc2-c2cc(-c4ccc5c6ccccc6n(-c6ccccc6)c5c4)ccc2S3)cc1. The van der Waals surface area contributed by atoms with Gasteiger partial charge in [0.15, 0.2) is 0 Å². The predicted molar refractivity (Wildman–Crippen MR) is 217 cm³/mol. The number of fused-ring (bicyclic) bond motifs is 9. The van der Waals surface area contributed by atoms with Crippen LogP contribution in [-0.2, 0) is 0 Å². The topological polar surface area (TPSA) is 4.93 Å². The normalized spacial score (nSPS) is 12.2. The molecule has 2 heterocycles. The first-order chi connectivity index (χ1) is 25.3. The lowest BCUT2D eigenvalue weighted by Gasteiger charge is -2.22. The van der Waals surface area contributed by atoms with Crippen LogP contribution in [0, 0.1) is 0 Å². The van der Waals surface area contributed by atoms with Crippen molar-refractivity contribution < 1.29 is 0 Å². The number of aromatic nitrogens is 1. The van der Waals surface area contributed by atoms with Gasteiger partial charge >= 0.3 is 0 Å². The quantitative estimate of drug-likeness (QED) is 0.182. The van der Waals surface area contributed by atoms with Crippen molar-refractivity contribution in [1.29, 1.82) is 0 Å². The van der Waals surface area contributed by atoms with E-state index in [0.29, 0.717) is 0 Å². The van der Waals surface area contributed by atoms with Crippen LogP contribution < -0.4 is 0 Å². The fourth-order valence-electron chi connectivity index (χ4n) is 7.54. The van der Waals surface area contributed by atoms with Gasteiger partial charge in [-0.05, 0) is 93.5 Å². The van der Waals surface area contributed by atoms with Gasteiger partial charge in [0.05, 0.1) is 11.0 Å². The number of benzene rings is 8. The number of hydrogen-bond donors (Lipinski definition) is 0. The molecule has 0 saturated heterocycles. The second-order valence-electron chi connectivity index (χ2n) is 12.9. The Kier molecular flexibility index (Phi) is 7.41. The molecule has 0 radical (unpaired) electrons. The van der Waals surface area contributed by atoms with Gasteiger partial charge in [-0.15, -0.1) is 0 Å². The van der Waals surface area contributed by atoms with Gasteiger partial charge in [-0.2, -0.15) is 0 Å². The van der Waals surface area contributed by atoms with Crippen molar-refractivity contribution in [1.82, 2.24) is 4.57 Å². The van der Waals surface area contributed by atoms with E-state index in [0.717, 1.165) is 0 Å². The van der Waals surface area contributed by atoms with Gasteiger partial charge in [0.1, 0.15) is 0 Å². The molecule has 0 spiro atoms. The molecular formula is C48H31NS2. The minimum Gasteiger partial charge on any atom is -0.309 e. The van der Waals surface area contributed by atoms with Gasteiger partial charge in [-0.1, -0.05) is 157 Å². The first-order valence-electron chi connectivity index (χ1n) is 17.3. The van der Waals surface area contributed by atoms with Crippen molar-refractivity contribution in [3.63, 3.8) is 0 Å². The van der Waals surface area contributed by atoms with Gasteiger partial charge < -0.3 is 4.57 Å². The molecule has 8 aromatic carbocycles. The van der Waals surface area contributed by atoms with E-state index in [1.165, 1.54) is 91.6 Å². The molecule has 1 aromatic heterocycles. The van der Waals surface area contributed by atoms with Crippen LogP contribution in [0.25, 0.3) is 72.0 Å². The largest absolute Gasteiger partial charge is 0.309 e. The lowest BCUT2D eigenvalue weighted by molar-refractivity contribution is 1.18. The molecular weight excluding hydrogens is 655 g/mol. The first-order valence-corrected chi connectivity index (χ1v) is 18.9. The molecule has 3 heteroatoms. The summed E-state index contributed by atoms with van der Waals surface area (Å²) in [5.74, 6) is 0. The highest BCUT2D eigenvalue weighted by atomic mass is 32.2. The van der Waals surface area contributed by atoms with Crippen LogP contribution in [0.5, 0.6) is 0 Å². The Morgan fingerprint density at radius 3 is 1.73 bits per heavy atom. The highest BCUT2D eigenvalue weighted by molar-refractivity contribution is 8.00. The van der Waals surface area contributed by atoms with Crippen LogP contribution in [0.3, 0.4) is 0 Å². The van der Waals surface area contributed by atoms with Crippen LogP contribution in [0.1, 0.15) is 0 Å². The smallest absolute Gasteiger partial charge is 0.0547 e. The summed E-state index contributed by atoms with van der Waals surface area (Å²) in [5.41, 5.74) is 13.5. The minimum absolute atomic E-state index is 1.17. The second-order valence-corrected chi connectivity index (χ2v) is 15.0. The zero-order valence-corrected chi connectivity index (χ0v) is 29.3. The van der Waals surface area contributed by atoms with E-state index in [9.17, 15) is 0 Å². The predicted octanol–water partition coefficient (Wildman–Crippen LogP) is 14.1. The Labute approximate surface area is 306 Å². The maximum absolute atomic E-state index is 2.41. The third-order valence-electron chi connectivity index (χ3n) is 9.89. The lowest BCUT2D eigenvalue weighted by Crippen LogP contribution is -1.95. The van der Waals surface area contributed by atoms with Crippen molar-refractivity contribution in [3.05, 3.63) is 188 Å². The zero-order valence-electron chi connectivity index (χ0n) is 27.7. The van der Waals surface area contributed by atoms with Gasteiger partial charge in [0.25, 0.3) is 0 Å². The molecule has 0 atom stereocenters. The van der Waals surface area contributed by atoms with Crippen molar-refractivity contribution in [2.75, 3.05) is 0 Å². The molecule has 0 aliphatic carbocycles. The average molecular weight is 686 g/mol. The molecule has 51 heavy (non-hydrogen) atoms. The number of para-hydroxylation sites is 2.